The fraction of sp³-hybridized carbons (Fsp3) is 0.214. The predicted molar refractivity (Wildman–Crippen MR) is 69.4 cm³/mol. The molecule has 0 spiro atoms. The average molecular weight is 228 g/mol. The molecule has 0 aliphatic carbocycles. The van der Waals surface area contributed by atoms with Crippen LogP contribution in [0.25, 0.3) is 0 Å². The molecule has 1 aromatic carbocycles. The maximum atomic E-state index is 9.23. The van der Waals surface area contributed by atoms with Crippen LogP contribution in [0.1, 0.15) is 16.7 Å². The predicted octanol–water partition coefficient (Wildman–Crippen LogP) is 2.93. The number of nitrogens with zero attached hydrogens (tertiary/aromatic N) is 1. The highest BCUT2D eigenvalue weighted by molar-refractivity contribution is 5.63. The summed E-state index contributed by atoms with van der Waals surface area (Å²) >= 11 is 0. The molecule has 0 saturated heterocycles. The Morgan fingerprint density at radius 2 is 2.06 bits per heavy atom. The summed E-state index contributed by atoms with van der Waals surface area (Å²) < 4.78 is 0. The van der Waals surface area contributed by atoms with Gasteiger partial charge in [0.25, 0.3) is 0 Å². The van der Waals surface area contributed by atoms with Crippen molar-refractivity contribution in [2.45, 2.75) is 20.5 Å². The van der Waals surface area contributed by atoms with Gasteiger partial charge in [0.15, 0.2) is 0 Å². The Morgan fingerprint density at radius 3 is 2.76 bits per heavy atom. The second kappa shape index (κ2) is 4.97. The van der Waals surface area contributed by atoms with Crippen molar-refractivity contribution < 1.29 is 5.11 Å². The van der Waals surface area contributed by atoms with Gasteiger partial charge in [-0.2, -0.15) is 0 Å². The first kappa shape index (κ1) is 11.6. The highest BCUT2D eigenvalue weighted by Crippen LogP contribution is 2.22. The molecule has 17 heavy (non-hydrogen) atoms. The smallest absolute Gasteiger partial charge is 0.135 e. The largest absolute Gasteiger partial charge is 0.392 e. The number of nitrogens with one attached hydrogen (secondary N) is 1. The minimum absolute atomic E-state index is 0.0128. The normalized spacial score (nSPS) is 10.3. The molecule has 0 fully saturated rings. The molecule has 0 atom stereocenters. The number of hydrogen-bond donors (Lipinski definition) is 2. The fourth-order valence-electron chi connectivity index (χ4n) is 1.76. The van der Waals surface area contributed by atoms with E-state index in [1.807, 2.05) is 18.2 Å². The lowest BCUT2D eigenvalue weighted by Crippen LogP contribution is -2.00. The van der Waals surface area contributed by atoms with Crippen molar-refractivity contribution in [2.75, 3.05) is 5.32 Å². The summed E-state index contributed by atoms with van der Waals surface area (Å²) in [6, 6.07) is 9.87. The van der Waals surface area contributed by atoms with Gasteiger partial charge in [-0.15, -0.1) is 0 Å². The van der Waals surface area contributed by atoms with Crippen molar-refractivity contribution in [1.29, 1.82) is 0 Å². The van der Waals surface area contributed by atoms with Gasteiger partial charge in [-0.3, -0.25) is 0 Å². The molecule has 3 heteroatoms. The summed E-state index contributed by atoms with van der Waals surface area (Å²) in [5.41, 5.74) is 4.22. The quantitative estimate of drug-likeness (QED) is 0.849. The molecular weight excluding hydrogens is 212 g/mol. The van der Waals surface area contributed by atoms with Crippen LogP contribution in [0.2, 0.25) is 0 Å². The number of aliphatic hydroxyl groups excluding tert-OH is 1. The minimum atomic E-state index is -0.0128. The van der Waals surface area contributed by atoms with E-state index in [2.05, 4.69) is 36.3 Å². The van der Waals surface area contributed by atoms with Gasteiger partial charge in [0.2, 0.25) is 0 Å². The van der Waals surface area contributed by atoms with Crippen molar-refractivity contribution >= 4 is 11.5 Å². The summed E-state index contributed by atoms with van der Waals surface area (Å²) in [4.78, 5) is 4.24. The van der Waals surface area contributed by atoms with Gasteiger partial charge in [-0.05, 0) is 31.5 Å². The van der Waals surface area contributed by atoms with Crippen LogP contribution in [0.4, 0.5) is 11.5 Å². The average Bonchev–Trinajstić information content (AvgIpc) is 2.33. The van der Waals surface area contributed by atoms with Gasteiger partial charge in [-0.25, -0.2) is 4.98 Å². The lowest BCUT2D eigenvalue weighted by molar-refractivity contribution is 0.282. The molecule has 1 heterocycles. The third-order valence-corrected chi connectivity index (χ3v) is 2.70. The molecule has 0 unspecified atom stereocenters. The van der Waals surface area contributed by atoms with E-state index < -0.39 is 0 Å². The Hall–Kier alpha value is -1.87. The third kappa shape index (κ3) is 2.63. The zero-order valence-electron chi connectivity index (χ0n) is 10.1. The van der Waals surface area contributed by atoms with Gasteiger partial charge in [-0.1, -0.05) is 23.8 Å². The van der Waals surface area contributed by atoms with Crippen LogP contribution in [-0.2, 0) is 6.61 Å². The van der Waals surface area contributed by atoms with Crippen LogP contribution >= 0.6 is 0 Å². The molecular formula is C14H16N2O. The van der Waals surface area contributed by atoms with E-state index in [0.29, 0.717) is 5.82 Å². The van der Waals surface area contributed by atoms with Crippen LogP contribution in [0.15, 0.2) is 36.5 Å². The fourth-order valence-corrected chi connectivity index (χ4v) is 1.76. The van der Waals surface area contributed by atoms with E-state index in [1.165, 1.54) is 11.1 Å². The van der Waals surface area contributed by atoms with Crippen molar-refractivity contribution in [1.82, 2.24) is 4.98 Å². The standard InChI is InChI=1S/C14H16N2O/c1-10-5-6-13(11(2)8-10)16-14-12(9-17)4-3-7-15-14/h3-8,17H,9H2,1-2H3,(H,15,16). The van der Waals surface area contributed by atoms with Gasteiger partial charge >= 0.3 is 0 Å². The van der Waals surface area contributed by atoms with Crippen LogP contribution in [0.3, 0.4) is 0 Å². The van der Waals surface area contributed by atoms with Crippen molar-refractivity contribution in [2.24, 2.45) is 0 Å². The summed E-state index contributed by atoms with van der Waals surface area (Å²) in [7, 11) is 0. The first-order chi connectivity index (χ1) is 8.20. The second-order valence-electron chi connectivity index (χ2n) is 4.11. The Labute approximate surface area is 101 Å². The SMILES string of the molecule is Cc1ccc(Nc2ncccc2CO)c(C)c1. The molecule has 0 aliphatic heterocycles. The number of benzene rings is 1. The third-order valence-electron chi connectivity index (χ3n) is 2.70. The molecule has 3 nitrogen and oxygen atoms in total. The lowest BCUT2D eigenvalue weighted by Gasteiger charge is -2.11. The van der Waals surface area contributed by atoms with Crippen molar-refractivity contribution in [3.05, 3.63) is 53.2 Å². The van der Waals surface area contributed by atoms with E-state index in [4.69, 9.17) is 0 Å². The van der Waals surface area contributed by atoms with Crippen LogP contribution in [-0.4, -0.2) is 10.1 Å². The Morgan fingerprint density at radius 1 is 1.24 bits per heavy atom. The molecule has 0 radical (unpaired) electrons. The summed E-state index contributed by atoms with van der Waals surface area (Å²) in [5.74, 6) is 0.710. The number of anilines is 2. The van der Waals surface area contributed by atoms with Gasteiger partial charge < -0.3 is 10.4 Å². The number of aryl methyl sites for hydroxylation is 2. The maximum Gasteiger partial charge on any atom is 0.135 e. The van der Waals surface area contributed by atoms with Crippen molar-refractivity contribution in [3.63, 3.8) is 0 Å². The number of aromatic nitrogens is 1. The number of hydrogen-bond acceptors (Lipinski definition) is 3. The summed E-state index contributed by atoms with van der Waals surface area (Å²) in [6.45, 7) is 4.11. The monoisotopic (exact) mass is 228 g/mol. The molecule has 2 N–H and O–H groups in total. The topological polar surface area (TPSA) is 45.2 Å². The lowest BCUT2D eigenvalue weighted by atomic mass is 10.1. The first-order valence-electron chi connectivity index (χ1n) is 5.59. The summed E-state index contributed by atoms with van der Waals surface area (Å²) in [6.07, 6.45) is 1.71. The summed E-state index contributed by atoms with van der Waals surface area (Å²) in [5, 5.41) is 12.5. The Kier molecular flexibility index (Phi) is 3.40. The van der Waals surface area contributed by atoms with Crippen molar-refractivity contribution in [3.8, 4) is 0 Å². The number of pyridine rings is 1. The van der Waals surface area contributed by atoms with Crippen LogP contribution in [0, 0.1) is 13.8 Å². The minimum Gasteiger partial charge on any atom is -0.392 e. The molecule has 2 aromatic rings. The van der Waals surface area contributed by atoms with E-state index in [9.17, 15) is 5.11 Å². The second-order valence-corrected chi connectivity index (χ2v) is 4.11. The number of rotatable bonds is 3. The highest BCUT2D eigenvalue weighted by Gasteiger charge is 2.04. The van der Waals surface area contributed by atoms with Gasteiger partial charge in [0.05, 0.1) is 6.61 Å². The van der Waals surface area contributed by atoms with E-state index in [1.54, 1.807) is 6.20 Å². The van der Waals surface area contributed by atoms with Crippen LogP contribution in [0.5, 0.6) is 0 Å². The van der Waals surface area contributed by atoms with Gasteiger partial charge in [0, 0.05) is 17.4 Å². The van der Waals surface area contributed by atoms with Gasteiger partial charge in [0.1, 0.15) is 5.82 Å². The molecule has 0 saturated carbocycles. The number of aliphatic hydroxyl groups is 1. The highest BCUT2D eigenvalue weighted by atomic mass is 16.3. The zero-order valence-corrected chi connectivity index (χ0v) is 10.1. The molecule has 2 rings (SSSR count). The Bertz CT molecular complexity index is 523. The Balaban J connectivity index is 2.31. The van der Waals surface area contributed by atoms with E-state index in [0.717, 1.165) is 11.3 Å². The molecule has 0 amide bonds. The maximum absolute atomic E-state index is 9.23. The van der Waals surface area contributed by atoms with E-state index in [-0.39, 0.29) is 6.61 Å². The van der Waals surface area contributed by atoms with Crippen LogP contribution < -0.4 is 5.32 Å². The zero-order chi connectivity index (χ0) is 12.3. The first-order valence-corrected chi connectivity index (χ1v) is 5.59. The molecule has 88 valence electrons. The van der Waals surface area contributed by atoms with E-state index >= 15 is 0 Å². The molecule has 1 aromatic heterocycles. The molecule has 0 aliphatic rings. The molecule has 0 bridgehead atoms.